The second-order valence-corrected chi connectivity index (χ2v) is 4.26. The van der Waals surface area contributed by atoms with E-state index in [1.54, 1.807) is 19.4 Å². The molecule has 0 saturated carbocycles. The highest BCUT2D eigenvalue weighted by atomic mass is 16.5. The summed E-state index contributed by atoms with van der Waals surface area (Å²) in [6, 6.07) is 3.76. The molecule has 0 bridgehead atoms. The molecule has 0 aliphatic heterocycles. The summed E-state index contributed by atoms with van der Waals surface area (Å²) in [5.41, 5.74) is 2.58. The Morgan fingerprint density at radius 2 is 2.26 bits per heavy atom. The summed E-state index contributed by atoms with van der Waals surface area (Å²) < 4.78 is 5.28. The minimum absolute atomic E-state index is 0.110. The van der Waals surface area contributed by atoms with E-state index in [-0.39, 0.29) is 5.75 Å². The summed E-state index contributed by atoms with van der Waals surface area (Å²) in [5, 5.41) is 10.3. The number of imidazole rings is 1. The SMILES string of the molecule is C=CCc1ccc(-c2ncc(CC)[nH]2)c(O)c1OC. The highest BCUT2D eigenvalue weighted by molar-refractivity contribution is 5.70. The predicted molar refractivity (Wildman–Crippen MR) is 75.5 cm³/mol. The van der Waals surface area contributed by atoms with Gasteiger partial charge in [-0.1, -0.05) is 19.1 Å². The molecule has 1 aromatic heterocycles. The van der Waals surface area contributed by atoms with Gasteiger partial charge in [-0.3, -0.25) is 0 Å². The van der Waals surface area contributed by atoms with Gasteiger partial charge in [0.25, 0.3) is 0 Å². The number of aromatic hydroxyl groups is 1. The first-order valence-corrected chi connectivity index (χ1v) is 6.25. The van der Waals surface area contributed by atoms with Gasteiger partial charge in [-0.05, 0) is 18.9 Å². The molecule has 19 heavy (non-hydrogen) atoms. The maximum atomic E-state index is 10.3. The molecule has 0 fully saturated rings. The molecule has 0 aliphatic carbocycles. The van der Waals surface area contributed by atoms with Crippen LogP contribution < -0.4 is 4.74 Å². The highest BCUT2D eigenvalue weighted by Crippen LogP contribution is 2.38. The van der Waals surface area contributed by atoms with E-state index in [9.17, 15) is 5.11 Å². The van der Waals surface area contributed by atoms with Gasteiger partial charge >= 0.3 is 0 Å². The van der Waals surface area contributed by atoms with Crippen LogP contribution in [0, 0.1) is 0 Å². The third-order valence-corrected chi connectivity index (χ3v) is 3.05. The summed E-state index contributed by atoms with van der Waals surface area (Å²) in [7, 11) is 1.55. The molecule has 2 N–H and O–H groups in total. The van der Waals surface area contributed by atoms with Crippen LogP contribution in [0.2, 0.25) is 0 Å². The number of benzene rings is 1. The van der Waals surface area contributed by atoms with Gasteiger partial charge in [0.1, 0.15) is 5.82 Å². The van der Waals surface area contributed by atoms with Crippen LogP contribution >= 0.6 is 0 Å². The van der Waals surface area contributed by atoms with Gasteiger partial charge < -0.3 is 14.8 Å². The first-order valence-electron chi connectivity index (χ1n) is 6.25. The Kier molecular flexibility index (Phi) is 3.90. The van der Waals surface area contributed by atoms with E-state index in [4.69, 9.17) is 4.74 Å². The fourth-order valence-electron chi connectivity index (χ4n) is 2.02. The van der Waals surface area contributed by atoms with E-state index in [0.717, 1.165) is 17.7 Å². The van der Waals surface area contributed by atoms with E-state index in [2.05, 4.69) is 16.5 Å². The van der Waals surface area contributed by atoms with E-state index in [1.165, 1.54) is 0 Å². The van der Waals surface area contributed by atoms with Crippen molar-refractivity contribution in [3.8, 4) is 22.9 Å². The van der Waals surface area contributed by atoms with Gasteiger partial charge in [0.15, 0.2) is 11.5 Å². The van der Waals surface area contributed by atoms with Crippen LogP contribution in [0.15, 0.2) is 31.0 Å². The fourth-order valence-corrected chi connectivity index (χ4v) is 2.02. The summed E-state index contributed by atoms with van der Waals surface area (Å²) in [4.78, 5) is 7.45. The minimum Gasteiger partial charge on any atom is -0.504 e. The van der Waals surface area contributed by atoms with E-state index >= 15 is 0 Å². The molecule has 0 atom stereocenters. The monoisotopic (exact) mass is 258 g/mol. The van der Waals surface area contributed by atoms with Crippen molar-refractivity contribution >= 4 is 0 Å². The zero-order valence-corrected chi connectivity index (χ0v) is 11.2. The maximum Gasteiger partial charge on any atom is 0.169 e. The van der Waals surface area contributed by atoms with Crippen molar-refractivity contribution in [1.29, 1.82) is 0 Å². The Bertz CT molecular complexity index is 588. The second kappa shape index (κ2) is 5.61. The number of phenols is 1. The van der Waals surface area contributed by atoms with Gasteiger partial charge in [-0.2, -0.15) is 0 Å². The Hall–Kier alpha value is -2.23. The third kappa shape index (κ3) is 2.47. The molecule has 0 spiro atoms. The number of aromatic nitrogens is 2. The van der Waals surface area contributed by atoms with Gasteiger partial charge in [-0.15, -0.1) is 6.58 Å². The van der Waals surface area contributed by atoms with Crippen LogP contribution in [0.3, 0.4) is 0 Å². The molecule has 1 aromatic carbocycles. The first-order chi connectivity index (χ1) is 9.21. The van der Waals surface area contributed by atoms with Gasteiger partial charge in [0.05, 0.1) is 12.7 Å². The van der Waals surface area contributed by atoms with Gasteiger partial charge in [0, 0.05) is 17.5 Å². The molecule has 1 heterocycles. The van der Waals surface area contributed by atoms with Crippen LogP contribution in [0.1, 0.15) is 18.2 Å². The summed E-state index contributed by atoms with van der Waals surface area (Å²) in [6.45, 7) is 5.75. The number of phenolic OH excluding ortho intramolecular Hbond substituents is 1. The van der Waals surface area contributed by atoms with Crippen molar-refractivity contribution in [3.63, 3.8) is 0 Å². The number of hydrogen-bond acceptors (Lipinski definition) is 3. The molecule has 0 unspecified atom stereocenters. The number of aryl methyl sites for hydroxylation is 1. The molecular formula is C15H18N2O2. The van der Waals surface area contributed by atoms with Crippen molar-refractivity contribution in [3.05, 3.63) is 42.2 Å². The summed E-state index contributed by atoms with van der Waals surface area (Å²) >= 11 is 0. The summed E-state index contributed by atoms with van der Waals surface area (Å²) in [6.07, 6.45) is 5.08. The number of ether oxygens (including phenoxy) is 1. The Balaban J connectivity index is 2.49. The lowest BCUT2D eigenvalue weighted by molar-refractivity contribution is 0.371. The lowest BCUT2D eigenvalue weighted by Crippen LogP contribution is -1.94. The Morgan fingerprint density at radius 1 is 1.47 bits per heavy atom. The number of allylic oxidation sites excluding steroid dienone is 1. The van der Waals surface area contributed by atoms with E-state index < -0.39 is 0 Å². The number of nitrogens with one attached hydrogen (secondary N) is 1. The number of methoxy groups -OCH3 is 1. The topological polar surface area (TPSA) is 58.1 Å². The van der Waals surface area contributed by atoms with Crippen molar-refractivity contribution in [2.45, 2.75) is 19.8 Å². The molecule has 100 valence electrons. The van der Waals surface area contributed by atoms with Crippen LogP contribution in [0.5, 0.6) is 11.5 Å². The van der Waals surface area contributed by atoms with Crippen molar-refractivity contribution in [2.75, 3.05) is 7.11 Å². The number of H-pyrrole nitrogens is 1. The smallest absolute Gasteiger partial charge is 0.169 e. The van der Waals surface area contributed by atoms with E-state index in [1.807, 2.05) is 19.1 Å². The zero-order chi connectivity index (χ0) is 13.8. The molecule has 2 rings (SSSR count). The molecule has 0 saturated heterocycles. The third-order valence-electron chi connectivity index (χ3n) is 3.05. The zero-order valence-electron chi connectivity index (χ0n) is 11.2. The molecule has 2 aromatic rings. The largest absolute Gasteiger partial charge is 0.504 e. The highest BCUT2D eigenvalue weighted by Gasteiger charge is 2.15. The number of hydrogen-bond donors (Lipinski definition) is 2. The fraction of sp³-hybridized carbons (Fsp3) is 0.267. The number of rotatable bonds is 5. The van der Waals surface area contributed by atoms with Crippen molar-refractivity contribution in [2.24, 2.45) is 0 Å². The van der Waals surface area contributed by atoms with Gasteiger partial charge in [0.2, 0.25) is 0 Å². The van der Waals surface area contributed by atoms with Crippen molar-refractivity contribution in [1.82, 2.24) is 9.97 Å². The quantitative estimate of drug-likeness (QED) is 0.810. The molecule has 4 nitrogen and oxygen atoms in total. The maximum absolute atomic E-state index is 10.3. The second-order valence-electron chi connectivity index (χ2n) is 4.26. The Morgan fingerprint density at radius 3 is 2.84 bits per heavy atom. The lowest BCUT2D eigenvalue weighted by atomic mass is 10.1. The molecule has 0 amide bonds. The van der Waals surface area contributed by atoms with Crippen molar-refractivity contribution < 1.29 is 9.84 Å². The Labute approximate surface area is 112 Å². The predicted octanol–water partition coefficient (Wildman–Crippen LogP) is 3.08. The molecule has 0 aliphatic rings. The normalized spacial score (nSPS) is 10.4. The number of aromatic amines is 1. The van der Waals surface area contributed by atoms with Crippen LogP contribution in [0.25, 0.3) is 11.4 Å². The standard InChI is InChI=1S/C15H18N2O2/c1-4-6-10-7-8-12(13(18)14(10)19-3)15-16-9-11(5-2)17-15/h4,7-9,18H,1,5-6H2,2-3H3,(H,16,17). The molecule has 0 radical (unpaired) electrons. The molecule has 4 heteroatoms. The van der Waals surface area contributed by atoms with Crippen LogP contribution in [0.4, 0.5) is 0 Å². The van der Waals surface area contributed by atoms with Crippen LogP contribution in [-0.4, -0.2) is 22.2 Å². The van der Waals surface area contributed by atoms with Crippen LogP contribution in [-0.2, 0) is 12.8 Å². The molecular weight excluding hydrogens is 240 g/mol. The average molecular weight is 258 g/mol. The lowest BCUT2D eigenvalue weighted by Gasteiger charge is -2.11. The average Bonchev–Trinajstić information content (AvgIpc) is 2.88. The number of nitrogens with zero attached hydrogens (tertiary/aromatic N) is 1. The van der Waals surface area contributed by atoms with E-state index in [0.29, 0.717) is 23.6 Å². The summed E-state index contributed by atoms with van der Waals surface area (Å²) in [5.74, 6) is 1.24. The first kappa shape index (κ1) is 13.2. The minimum atomic E-state index is 0.110. The van der Waals surface area contributed by atoms with Gasteiger partial charge in [-0.25, -0.2) is 4.98 Å².